The van der Waals surface area contributed by atoms with Gasteiger partial charge in [0.2, 0.25) is 0 Å². The molecule has 0 radical (unpaired) electrons. The second-order valence-electron chi connectivity index (χ2n) is 4.68. The third-order valence-corrected chi connectivity index (χ3v) is 4.76. The largest absolute Gasteiger partial charge is 0.387 e. The zero-order chi connectivity index (χ0) is 13.4. The number of hydrogen-bond acceptors (Lipinski definition) is 2. The zero-order valence-electron chi connectivity index (χ0n) is 11.6. The highest BCUT2D eigenvalue weighted by molar-refractivity contribution is 9.10. The molecule has 3 heteroatoms. The molecule has 0 amide bonds. The van der Waals surface area contributed by atoms with Gasteiger partial charge in [0.1, 0.15) is 0 Å². The summed E-state index contributed by atoms with van der Waals surface area (Å²) < 4.78 is 1.18. The Balaban J connectivity index is 2.99. The normalized spacial score (nSPS) is 11.0. The summed E-state index contributed by atoms with van der Waals surface area (Å²) in [6.45, 7) is 8.53. The molecule has 0 fully saturated rings. The molecule has 18 heavy (non-hydrogen) atoms. The second kappa shape index (κ2) is 4.88. The molecule has 0 unspecified atom stereocenters. The summed E-state index contributed by atoms with van der Waals surface area (Å²) in [5.41, 5.74) is 7.22. The first-order valence-electron chi connectivity index (χ1n) is 6.27. The molecule has 0 spiro atoms. The SMILES string of the molecule is CCc1c(C)nc2cc(C)c(Br)c(C)c2c1NC. The molecule has 1 aromatic heterocycles. The van der Waals surface area contributed by atoms with Gasteiger partial charge in [-0.15, -0.1) is 0 Å². The maximum atomic E-state index is 4.76. The number of fused-ring (bicyclic) bond motifs is 1. The number of pyridine rings is 1. The molecule has 2 aromatic rings. The van der Waals surface area contributed by atoms with Crippen LogP contribution in [-0.2, 0) is 6.42 Å². The lowest BCUT2D eigenvalue weighted by atomic mass is 9.99. The minimum absolute atomic E-state index is 0.996. The summed E-state index contributed by atoms with van der Waals surface area (Å²) in [4.78, 5) is 4.76. The smallest absolute Gasteiger partial charge is 0.0732 e. The Bertz CT molecular complexity index is 618. The Morgan fingerprint density at radius 2 is 1.94 bits per heavy atom. The van der Waals surface area contributed by atoms with Gasteiger partial charge < -0.3 is 5.32 Å². The van der Waals surface area contributed by atoms with Crippen molar-refractivity contribution in [3.8, 4) is 0 Å². The Morgan fingerprint density at radius 3 is 2.50 bits per heavy atom. The lowest BCUT2D eigenvalue weighted by Crippen LogP contribution is -2.03. The van der Waals surface area contributed by atoms with E-state index >= 15 is 0 Å². The van der Waals surface area contributed by atoms with Crippen molar-refractivity contribution in [2.24, 2.45) is 0 Å². The van der Waals surface area contributed by atoms with Crippen molar-refractivity contribution in [3.63, 3.8) is 0 Å². The molecule has 0 saturated heterocycles. The molecule has 2 rings (SSSR count). The van der Waals surface area contributed by atoms with E-state index in [2.05, 4.69) is 55.0 Å². The predicted octanol–water partition coefficient (Wildman–Crippen LogP) is 4.53. The minimum atomic E-state index is 0.996. The van der Waals surface area contributed by atoms with Gasteiger partial charge in [-0.3, -0.25) is 4.98 Å². The minimum Gasteiger partial charge on any atom is -0.387 e. The van der Waals surface area contributed by atoms with Crippen LogP contribution in [0.5, 0.6) is 0 Å². The van der Waals surface area contributed by atoms with Crippen LogP contribution in [0, 0.1) is 20.8 Å². The third-order valence-electron chi connectivity index (χ3n) is 3.54. The van der Waals surface area contributed by atoms with E-state index in [1.165, 1.54) is 32.2 Å². The lowest BCUT2D eigenvalue weighted by molar-refractivity contribution is 1.07. The van der Waals surface area contributed by atoms with E-state index in [1.807, 2.05) is 7.05 Å². The van der Waals surface area contributed by atoms with E-state index in [4.69, 9.17) is 4.98 Å². The van der Waals surface area contributed by atoms with Gasteiger partial charge in [0.05, 0.1) is 5.52 Å². The van der Waals surface area contributed by atoms with E-state index in [9.17, 15) is 0 Å². The summed E-state index contributed by atoms with van der Waals surface area (Å²) in [6.07, 6.45) is 0.996. The Hall–Kier alpha value is -1.09. The van der Waals surface area contributed by atoms with Crippen LogP contribution in [0.15, 0.2) is 10.5 Å². The van der Waals surface area contributed by atoms with Crippen LogP contribution in [0.3, 0.4) is 0 Å². The van der Waals surface area contributed by atoms with Crippen molar-refractivity contribution in [2.45, 2.75) is 34.1 Å². The fourth-order valence-electron chi connectivity index (χ4n) is 2.63. The maximum absolute atomic E-state index is 4.76. The Kier molecular flexibility index (Phi) is 3.62. The molecule has 2 nitrogen and oxygen atoms in total. The van der Waals surface area contributed by atoms with Crippen LogP contribution in [-0.4, -0.2) is 12.0 Å². The van der Waals surface area contributed by atoms with Crippen LogP contribution in [0.25, 0.3) is 10.9 Å². The van der Waals surface area contributed by atoms with E-state index in [-0.39, 0.29) is 0 Å². The van der Waals surface area contributed by atoms with Crippen LogP contribution in [0.2, 0.25) is 0 Å². The number of nitrogens with zero attached hydrogens (tertiary/aromatic N) is 1. The molecule has 96 valence electrons. The van der Waals surface area contributed by atoms with Crippen molar-refractivity contribution < 1.29 is 0 Å². The van der Waals surface area contributed by atoms with Gasteiger partial charge in [-0.2, -0.15) is 0 Å². The van der Waals surface area contributed by atoms with Crippen molar-refractivity contribution in [2.75, 3.05) is 12.4 Å². The standard InChI is InChI=1S/C15H19BrN2/c1-6-11-10(4)18-12-7-8(2)14(16)9(3)13(12)15(11)17-5/h7H,6H2,1-5H3,(H,17,18). The molecule has 0 atom stereocenters. The van der Waals surface area contributed by atoms with Gasteiger partial charge in [-0.1, -0.05) is 22.9 Å². The first kappa shape index (κ1) is 13.3. The van der Waals surface area contributed by atoms with Crippen LogP contribution >= 0.6 is 15.9 Å². The van der Waals surface area contributed by atoms with Crippen molar-refractivity contribution >= 4 is 32.5 Å². The molecular formula is C15H19BrN2. The quantitative estimate of drug-likeness (QED) is 0.882. The molecule has 1 N–H and O–H groups in total. The van der Waals surface area contributed by atoms with Gasteiger partial charge >= 0.3 is 0 Å². The summed E-state index contributed by atoms with van der Waals surface area (Å²) >= 11 is 3.67. The highest BCUT2D eigenvalue weighted by atomic mass is 79.9. The van der Waals surface area contributed by atoms with Crippen LogP contribution in [0.1, 0.15) is 29.3 Å². The maximum Gasteiger partial charge on any atom is 0.0732 e. The highest BCUT2D eigenvalue weighted by Gasteiger charge is 2.14. The molecule has 0 aliphatic carbocycles. The van der Waals surface area contributed by atoms with Crippen LogP contribution < -0.4 is 5.32 Å². The molecule has 1 heterocycles. The molecule has 0 aliphatic heterocycles. The monoisotopic (exact) mass is 306 g/mol. The number of aromatic nitrogens is 1. The summed E-state index contributed by atoms with van der Waals surface area (Å²) in [7, 11) is 1.99. The van der Waals surface area contributed by atoms with Gasteiger partial charge in [0.25, 0.3) is 0 Å². The van der Waals surface area contributed by atoms with Crippen LogP contribution in [0.4, 0.5) is 5.69 Å². The number of nitrogens with one attached hydrogen (secondary N) is 1. The summed E-state index contributed by atoms with van der Waals surface area (Å²) in [5.74, 6) is 0. The Morgan fingerprint density at radius 1 is 1.28 bits per heavy atom. The van der Waals surface area contributed by atoms with Crippen molar-refractivity contribution in [1.82, 2.24) is 4.98 Å². The van der Waals surface area contributed by atoms with Gasteiger partial charge in [-0.25, -0.2) is 0 Å². The first-order valence-corrected chi connectivity index (χ1v) is 7.07. The van der Waals surface area contributed by atoms with Crippen molar-refractivity contribution in [3.05, 3.63) is 32.9 Å². The highest BCUT2D eigenvalue weighted by Crippen LogP contribution is 2.36. The van der Waals surface area contributed by atoms with Gasteiger partial charge in [-0.05, 0) is 49.9 Å². The fourth-order valence-corrected chi connectivity index (χ4v) is 2.94. The van der Waals surface area contributed by atoms with Gasteiger partial charge in [0, 0.05) is 28.3 Å². The molecule has 1 aromatic carbocycles. The summed E-state index contributed by atoms with van der Waals surface area (Å²) in [5, 5.41) is 4.59. The topological polar surface area (TPSA) is 24.9 Å². The van der Waals surface area contributed by atoms with Gasteiger partial charge in [0.15, 0.2) is 0 Å². The average molecular weight is 307 g/mol. The lowest BCUT2D eigenvalue weighted by Gasteiger charge is -2.17. The van der Waals surface area contributed by atoms with Crippen molar-refractivity contribution in [1.29, 1.82) is 0 Å². The number of hydrogen-bond donors (Lipinski definition) is 1. The molecule has 0 bridgehead atoms. The Labute approximate surface area is 117 Å². The number of aryl methyl sites for hydroxylation is 3. The number of anilines is 1. The molecule has 0 aliphatic rings. The molecule has 0 saturated carbocycles. The second-order valence-corrected chi connectivity index (χ2v) is 5.47. The average Bonchev–Trinajstić information content (AvgIpc) is 2.34. The number of rotatable bonds is 2. The number of benzene rings is 1. The first-order chi connectivity index (χ1) is 8.51. The number of halogens is 1. The molecular weight excluding hydrogens is 288 g/mol. The zero-order valence-corrected chi connectivity index (χ0v) is 13.2. The predicted molar refractivity (Wildman–Crippen MR) is 82.6 cm³/mol. The fraction of sp³-hybridized carbons (Fsp3) is 0.400. The van der Waals surface area contributed by atoms with E-state index < -0.39 is 0 Å². The van der Waals surface area contributed by atoms with E-state index in [0.29, 0.717) is 0 Å². The van der Waals surface area contributed by atoms with E-state index in [0.717, 1.165) is 17.6 Å². The third kappa shape index (κ3) is 1.91. The van der Waals surface area contributed by atoms with E-state index in [1.54, 1.807) is 0 Å². The summed E-state index contributed by atoms with van der Waals surface area (Å²) in [6, 6.07) is 2.15.